The summed E-state index contributed by atoms with van der Waals surface area (Å²) in [6.07, 6.45) is 3.36. The van der Waals surface area contributed by atoms with Crippen LogP contribution in [0, 0.1) is 0 Å². The van der Waals surface area contributed by atoms with E-state index in [-0.39, 0.29) is 11.1 Å². The van der Waals surface area contributed by atoms with Crippen LogP contribution in [0.15, 0.2) is 23.3 Å². The first kappa shape index (κ1) is 13.9. The van der Waals surface area contributed by atoms with Gasteiger partial charge in [-0.05, 0) is 6.42 Å². The molecule has 1 rings (SSSR count). The van der Waals surface area contributed by atoms with Crippen molar-refractivity contribution in [3.8, 4) is 0 Å². The van der Waals surface area contributed by atoms with Crippen LogP contribution >= 0.6 is 0 Å². The van der Waals surface area contributed by atoms with Gasteiger partial charge in [-0.2, -0.15) is 0 Å². The van der Waals surface area contributed by atoms with E-state index in [0.29, 0.717) is 19.6 Å². The van der Waals surface area contributed by atoms with Crippen molar-refractivity contribution in [1.82, 2.24) is 10.3 Å². The van der Waals surface area contributed by atoms with Crippen molar-refractivity contribution < 1.29 is 14.3 Å². The summed E-state index contributed by atoms with van der Waals surface area (Å²) in [6.45, 7) is 0.839. The fourth-order valence-corrected chi connectivity index (χ4v) is 1.19. The van der Waals surface area contributed by atoms with E-state index < -0.39 is 11.8 Å². The molecule has 0 spiro atoms. The number of hydrogen-bond donors (Lipinski definition) is 3. The molecule has 7 heteroatoms. The molecule has 2 amide bonds. The summed E-state index contributed by atoms with van der Waals surface area (Å²) in [5.74, 6) is -1.65. The second-order valence-corrected chi connectivity index (χ2v) is 3.48. The highest BCUT2D eigenvalue weighted by atomic mass is 16.5. The number of aromatic amines is 1. The Kier molecular flexibility index (Phi) is 5.59. The molecule has 0 atom stereocenters. The van der Waals surface area contributed by atoms with Gasteiger partial charge < -0.3 is 20.4 Å². The van der Waals surface area contributed by atoms with Crippen LogP contribution in [-0.2, 0) is 14.3 Å². The van der Waals surface area contributed by atoms with Gasteiger partial charge in [0.05, 0.1) is 0 Å². The molecule has 7 nitrogen and oxygen atoms in total. The van der Waals surface area contributed by atoms with Crippen LogP contribution < -0.4 is 16.1 Å². The van der Waals surface area contributed by atoms with E-state index in [2.05, 4.69) is 15.6 Å². The maximum atomic E-state index is 11.4. The molecule has 0 fully saturated rings. The number of rotatable bonds is 5. The third kappa shape index (κ3) is 4.38. The topological polar surface area (TPSA) is 100 Å². The minimum absolute atomic E-state index is 0.0366. The second kappa shape index (κ2) is 7.23. The number of carbonyl (C=O) groups excluding carboxylic acids is 2. The zero-order valence-electron chi connectivity index (χ0n) is 9.99. The van der Waals surface area contributed by atoms with Crippen LogP contribution in [0.25, 0.3) is 0 Å². The monoisotopic (exact) mass is 253 g/mol. The number of pyridine rings is 1. The zero-order valence-corrected chi connectivity index (χ0v) is 9.99. The molecule has 0 bridgehead atoms. The van der Waals surface area contributed by atoms with Crippen molar-refractivity contribution >= 4 is 17.5 Å². The molecule has 0 saturated heterocycles. The summed E-state index contributed by atoms with van der Waals surface area (Å²) < 4.78 is 4.80. The molecule has 1 aromatic heterocycles. The molecule has 98 valence electrons. The average Bonchev–Trinajstić information content (AvgIpc) is 2.37. The molecular formula is C11H15N3O4. The lowest BCUT2D eigenvalue weighted by Gasteiger charge is -2.05. The third-order valence-corrected chi connectivity index (χ3v) is 2.09. The molecule has 0 aliphatic carbocycles. The molecule has 0 aromatic carbocycles. The highest BCUT2D eigenvalue weighted by Crippen LogP contribution is 1.94. The van der Waals surface area contributed by atoms with Crippen molar-refractivity contribution in [2.24, 2.45) is 0 Å². The standard InChI is InChI=1S/C11H15N3O4/c1-18-6-2-4-13-10(16)11(17)14-8-7-12-5-3-9(8)15/h3,5,7H,2,4,6H2,1H3,(H,12,15)(H,13,16)(H,14,17). The quantitative estimate of drug-likeness (QED) is 0.485. The van der Waals surface area contributed by atoms with Gasteiger partial charge in [-0.25, -0.2) is 0 Å². The Bertz CT molecular complexity index is 469. The molecule has 1 aromatic rings. The minimum atomic E-state index is -0.871. The van der Waals surface area contributed by atoms with Gasteiger partial charge >= 0.3 is 11.8 Å². The second-order valence-electron chi connectivity index (χ2n) is 3.48. The smallest absolute Gasteiger partial charge is 0.313 e. The Labute approximate surface area is 104 Å². The van der Waals surface area contributed by atoms with Gasteiger partial charge in [0.2, 0.25) is 5.43 Å². The number of methoxy groups -OCH3 is 1. The molecule has 3 N–H and O–H groups in total. The van der Waals surface area contributed by atoms with E-state index in [4.69, 9.17) is 4.74 Å². The van der Waals surface area contributed by atoms with Crippen LogP contribution in [0.4, 0.5) is 5.69 Å². The van der Waals surface area contributed by atoms with Crippen LogP contribution in [0.1, 0.15) is 6.42 Å². The Morgan fingerprint density at radius 3 is 2.83 bits per heavy atom. The van der Waals surface area contributed by atoms with Gasteiger partial charge in [-0.3, -0.25) is 14.4 Å². The van der Waals surface area contributed by atoms with Gasteiger partial charge in [0.15, 0.2) is 0 Å². The lowest BCUT2D eigenvalue weighted by Crippen LogP contribution is -2.37. The van der Waals surface area contributed by atoms with E-state index in [0.717, 1.165) is 0 Å². The average molecular weight is 253 g/mol. The van der Waals surface area contributed by atoms with E-state index in [1.165, 1.54) is 18.5 Å². The Hall–Kier alpha value is -2.15. The summed E-state index contributed by atoms with van der Waals surface area (Å²) in [4.78, 5) is 36.7. The van der Waals surface area contributed by atoms with E-state index in [1.54, 1.807) is 7.11 Å². The number of hydrogen-bond acceptors (Lipinski definition) is 4. The van der Waals surface area contributed by atoms with Crippen LogP contribution in [0.3, 0.4) is 0 Å². The number of aromatic nitrogens is 1. The van der Waals surface area contributed by atoms with Crippen molar-refractivity contribution in [2.45, 2.75) is 6.42 Å². The summed E-state index contributed by atoms with van der Waals surface area (Å²) in [5, 5.41) is 4.64. The Morgan fingerprint density at radius 1 is 1.39 bits per heavy atom. The molecule has 0 unspecified atom stereocenters. The normalized spacial score (nSPS) is 9.83. The van der Waals surface area contributed by atoms with Gasteiger partial charge in [-0.15, -0.1) is 0 Å². The third-order valence-electron chi connectivity index (χ3n) is 2.09. The van der Waals surface area contributed by atoms with Gasteiger partial charge in [0, 0.05) is 38.7 Å². The fraction of sp³-hybridized carbons (Fsp3) is 0.364. The summed E-state index contributed by atoms with van der Waals surface area (Å²) >= 11 is 0. The van der Waals surface area contributed by atoms with E-state index >= 15 is 0 Å². The van der Waals surface area contributed by atoms with E-state index in [1.807, 2.05) is 0 Å². The molecule has 0 saturated carbocycles. The van der Waals surface area contributed by atoms with E-state index in [9.17, 15) is 14.4 Å². The predicted octanol–water partition coefficient (Wildman–Crippen LogP) is -0.534. The van der Waals surface area contributed by atoms with Crippen molar-refractivity contribution in [3.63, 3.8) is 0 Å². The highest BCUT2D eigenvalue weighted by molar-refractivity contribution is 6.39. The van der Waals surface area contributed by atoms with Crippen LogP contribution in [0.2, 0.25) is 0 Å². The summed E-state index contributed by atoms with van der Waals surface area (Å²) in [5.41, 5.74) is -0.330. The number of amides is 2. The van der Waals surface area contributed by atoms with Crippen LogP contribution in [-0.4, -0.2) is 37.1 Å². The Balaban J connectivity index is 2.43. The molecular weight excluding hydrogens is 238 g/mol. The first-order valence-corrected chi connectivity index (χ1v) is 5.40. The summed E-state index contributed by atoms with van der Waals surface area (Å²) in [7, 11) is 1.55. The minimum Gasteiger partial charge on any atom is -0.385 e. The lowest BCUT2D eigenvalue weighted by molar-refractivity contribution is -0.136. The zero-order chi connectivity index (χ0) is 13.4. The number of ether oxygens (including phenoxy) is 1. The fourth-order valence-electron chi connectivity index (χ4n) is 1.19. The maximum absolute atomic E-state index is 11.4. The lowest BCUT2D eigenvalue weighted by atomic mass is 10.4. The first-order chi connectivity index (χ1) is 8.65. The van der Waals surface area contributed by atoms with Gasteiger partial charge in [0.1, 0.15) is 5.69 Å². The highest BCUT2D eigenvalue weighted by Gasteiger charge is 2.13. The number of anilines is 1. The van der Waals surface area contributed by atoms with Crippen molar-refractivity contribution in [3.05, 3.63) is 28.7 Å². The largest absolute Gasteiger partial charge is 0.385 e. The first-order valence-electron chi connectivity index (χ1n) is 5.40. The predicted molar refractivity (Wildman–Crippen MR) is 65.2 cm³/mol. The van der Waals surface area contributed by atoms with Gasteiger partial charge in [0.25, 0.3) is 0 Å². The van der Waals surface area contributed by atoms with Gasteiger partial charge in [-0.1, -0.05) is 0 Å². The van der Waals surface area contributed by atoms with Crippen molar-refractivity contribution in [2.75, 3.05) is 25.6 Å². The summed E-state index contributed by atoms with van der Waals surface area (Å²) in [6, 6.07) is 1.26. The number of H-pyrrole nitrogens is 1. The number of carbonyl (C=O) groups is 2. The van der Waals surface area contributed by atoms with Crippen LogP contribution in [0.5, 0.6) is 0 Å². The molecule has 18 heavy (non-hydrogen) atoms. The molecule has 0 aliphatic rings. The molecule has 1 heterocycles. The van der Waals surface area contributed by atoms with Crippen molar-refractivity contribution in [1.29, 1.82) is 0 Å². The SMILES string of the molecule is COCCCNC(=O)C(=O)Nc1c[nH]ccc1=O. The molecule has 0 aliphatic heterocycles. The molecule has 0 radical (unpaired) electrons. The maximum Gasteiger partial charge on any atom is 0.313 e. The number of nitrogens with one attached hydrogen (secondary N) is 3. The Morgan fingerprint density at radius 2 is 2.17 bits per heavy atom.